The topological polar surface area (TPSA) is 59.9 Å². The van der Waals surface area contributed by atoms with Crippen LogP contribution in [0.15, 0.2) is 18.3 Å². The van der Waals surface area contributed by atoms with Crippen LogP contribution >= 0.6 is 0 Å². The summed E-state index contributed by atoms with van der Waals surface area (Å²) in [7, 11) is 0. The summed E-state index contributed by atoms with van der Waals surface area (Å²) in [6.07, 6.45) is 3.45. The molecule has 5 heteroatoms. The molecule has 0 aliphatic carbocycles. The Balaban J connectivity index is 2.00. The molecule has 0 aromatic carbocycles. The van der Waals surface area contributed by atoms with Gasteiger partial charge in [-0.3, -0.25) is 0 Å². The minimum Gasteiger partial charge on any atom is -0.456 e. The monoisotopic (exact) mass is 289 g/mol. The van der Waals surface area contributed by atoms with Gasteiger partial charge in [-0.1, -0.05) is 13.3 Å². The van der Waals surface area contributed by atoms with Crippen LogP contribution in [0.4, 0.5) is 0 Å². The van der Waals surface area contributed by atoms with Crippen molar-refractivity contribution in [3.05, 3.63) is 41.2 Å². The molecule has 1 unspecified atom stereocenters. The molecule has 0 amide bonds. The van der Waals surface area contributed by atoms with Gasteiger partial charge in [0.05, 0.1) is 12.7 Å². The van der Waals surface area contributed by atoms with Crippen molar-refractivity contribution in [3.63, 3.8) is 0 Å². The first-order chi connectivity index (χ1) is 10.0. The molecule has 5 nitrogen and oxygen atoms in total. The van der Waals surface area contributed by atoms with E-state index in [1.165, 1.54) is 17.6 Å². The van der Waals surface area contributed by atoms with Crippen molar-refractivity contribution in [1.82, 2.24) is 14.5 Å². The molecule has 2 rings (SSSR count). The molecule has 2 aromatic rings. The second-order valence-electron chi connectivity index (χ2n) is 5.42. The highest BCUT2D eigenvalue weighted by Crippen LogP contribution is 2.13. The molecule has 2 heterocycles. The van der Waals surface area contributed by atoms with Gasteiger partial charge in [-0.2, -0.15) is 0 Å². The summed E-state index contributed by atoms with van der Waals surface area (Å²) in [6, 6.07) is 4.25. The summed E-state index contributed by atoms with van der Waals surface area (Å²) in [5.74, 6) is 0.353. The van der Waals surface area contributed by atoms with Crippen LogP contribution in [0, 0.1) is 13.8 Å². The normalized spacial score (nSPS) is 12.4. The highest BCUT2D eigenvalue weighted by Gasteiger charge is 2.16. The zero-order valence-electron chi connectivity index (χ0n) is 13.1. The third kappa shape index (κ3) is 3.74. The maximum absolute atomic E-state index is 12.0. The minimum absolute atomic E-state index is 0.192. The molecule has 0 spiro atoms. The zero-order valence-corrected chi connectivity index (χ0v) is 13.1. The maximum atomic E-state index is 12.0. The van der Waals surface area contributed by atoms with Gasteiger partial charge in [-0.05, 0) is 39.3 Å². The third-order valence-corrected chi connectivity index (χ3v) is 3.47. The van der Waals surface area contributed by atoms with Crippen LogP contribution in [0.25, 0.3) is 0 Å². The van der Waals surface area contributed by atoms with Crippen molar-refractivity contribution in [2.45, 2.75) is 53.2 Å². The molecule has 2 aromatic heterocycles. The number of hydrogen-bond acceptors (Lipinski definition) is 3. The number of ether oxygens (including phenoxy) is 1. The number of hydrogen-bond donors (Lipinski definition) is 1. The van der Waals surface area contributed by atoms with Crippen molar-refractivity contribution in [1.29, 1.82) is 0 Å². The number of imidazole rings is 1. The molecule has 1 N–H and O–H groups in total. The van der Waals surface area contributed by atoms with Gasteiger partial charge in [0.2, 0.25) is 0 Å². The average Bonchev–Trinajstić information content (AvgIpc) is 3.00. The van der Waals surface area contributed by atoms with Crippen LogP contribution in [0.5, 0.6) is 0 Å². The maximum Gasteiger partial charge on any atom is 0.356 e. The Morgan fingerprint density at radius 2 is 2.19 bits per heavy atom. The fourth-order valence-electron chi connectivity index (χ4n) is 2.42. The highest BCUT2D eigenvalue weighted by molar-refractivity contribution is 5.87. The number of aromatic nitrogens is 3. The summed E-state index contributed by atoms with van der Waals surface area (Å²) in [5, 5.41) is 0. The van der Waals surface area contributed by atoms with E-state index in [0.29, 0.717) is 18.1 Å². The van der Waals surface area contributed by atoms with Crippen molar-refractivity contribution >= 4 is 5.97 Å². The highest BCUT2D eigenvalue weighted by atomic mass is 16.5. The molecule has 21 heavy (non-hydrogen) atoms. The summed E-state index contributed by atoms with van der Waals surface area (Å²) in [6.45, 7) is 8.63. The lowest BCUT2D eigenvalue weighted by Crippen LogP contribution is -2.22. The standard InChI is InChI=1S/C16H23N3O2/c1-5-6-14-8-7-11(2)19(14)10-12(3)21-16(20)15-9-17-13(4)18-15/h7-9,12H,5-6,10H2,1-4H3,(H,17,18). The van der Waals surface area contributed by atoms with Crippen LogP contribution in [0.2, 0.25) is 0 Å². The number of carbonyl (C=O) groups is 1. The molecular weight excluding hydrogens is 266 g/mol. The Labute approximate surface area is 125 Å². The Hall–Kier alpha value is -2.04. The first kappa shape index (κ1) is 15.4. The predicted molar refractivity (Wildman–Crippen MR) is 81.4 cm³/mol. The molecule has 0 bridgehead atoms. The second kappa shape index (κ2) is 6.61. The summed E-state index contributed by atoms with van der Waals surface area (Å²) >= 11 is 0. The van der Waals surface area contributed by atoms with E-state index in [1.54, 1.807) is 6.92 Å². The fourth-order valence-corrected chi connectivity index (χ4v) is 2.42. The number of H-pyrrole nitrogens is 1. The number of rotatable bonds is 6. The van der Waals surface area contributed by atoms with Crippen LogP contribution in [-0.4, -0.2) is 26.6 Å². The largest absolute Gasteiger partial charge is 0.456 e. The van der Waals surface area contributed by atoms with Gasteiger partial charge in [0.15, 0.2) is 0 Å². The lowest BCUT2D eigenvalue weighted by Gasteiger charge is -2.17. The van der Waals surface area contributed by atoms with E-state index in [9.17, 15) is 4.79 Å². The molecule has 0 radical (unpaired) electrons. The van der Waals surface area contributed by atoms with Crippen LogP contribution in [0.3, 0.4) is 0 Å². The first-order valence-electron chi connectivity index (χ1n) is 7.38. The van der Waals surface area contributed by atoms with Crippen LogP contribution in [-0.2, 0) is 17.7 Å². The van der Waals surface area contributed by atoms with Gasteiger partial charge in [0.25, 0.3) is 0 Å². The predicted octanol–water partition coefficient (Wildman–Crippen LogP) is 3.03. The van der Waals surface area contributed by atoms with E-state index in [1.807, 2.05) is 6.92 Å². The molecule has 1 atom stereocenters. The van der Waals surface area contributed by atoms with Crippen molar-refractivity contribution < 1.29 is 9.53 Å². The summed E-state index contributed by atoms with van der Waals surface area (Å²) < 4.78 is 7.70. The van der Waals surface area contributed by atoms with Crippen LogP contribution in [0.1, 0.15) is 48.0 Å². The van der Waals surface area contributed by atoms with E-state index >= 15 is 0 Å². The molecular formula is C16H23N3O2. The molecule has 0 saturated heterocycles. The molecule has 0 aliphatic heterocycles. The average molecular weight is 289 g/mol. The Morgan fingerprint density at radius 1 is 1.43 bits per heavy atom. The zero-order chi connectivity index (χ0) is 15.4. The lowest BCUT2D eigenvalue weighted by molar-refractivity contribution is 0.0297. The fraction of sp³-hybridized carbons (Fsp3) is 0.500. The van der Waals surface area contributed by atoms with E-state index in [0.717, 1.165) is 12.8 Å². The first-order valence-corrected chi connectivity index (χ1v) is 7.38. The molecule has 0 aliphatic rings. The number of esters is 1. The minimum atomic E-state index is -0.357. The number of carbonyl (C=O) groups excluding carboxylic acids is 1. The van der Waals surface area contributed by atoms with Gasteiger partial charge < -0.3 is 14.3 Å². The summed E-state index contributed by atoms with van der Waals surface area (Å²) in [4.78, 5) is 18.9. The van der Waals surface area contributed by atoms with Crippen LogP contribution < -0.4 is 0 Å². The van der Waals surface area contributed by atoms with E-state index < -0.39 is 0 Å². The van der Waals surface area contributed by atoms with E-state index in [-0.39, 0.29) is 12.1 Å². The Kier molecular flexibility index (Phi) is 4.83. The van der Waals surface area contributed by atoms with E-state index in [4.69, 9.17) is 4.74 Å². The number of nitrogens with zero attached hydrogens (tertiary/aromatic N) is 2. The third-order valence-electron chi connectivity index (χ3n) is 3.47. The number of aromatic amines is 1. The SMILES string of the molecule is CCCc1ccc(C)n1CC(C)OC(=O)c1cnc(C)[nH]1. The Morgan fingerprint density at radius 3 is 2.81 bits per heavy atom. The van der Waals surface area contributed by atoms with Gasteiger partial charge in [0, 0.05) is 11.4 Å². The molecule has 0 saturated carbocycles. The van der Waals surface area contributed by atoms with E-state index in [2.05, 4.69) is 40.5 Å². The van der Waals surface area contributed by atoms with Crippen molar-refractivity contribution in [2.75, 3.05) is 0 Å². The summed E-state index contributed by atoms with van der Waals surface area (Å²) in [5.41, 5.74) is 2.88. The number of aryl methyl sites for hydroxylation is 3. The second-order valence-corrected chi connectivity index (χ2v) is 5.42. The van der Waals surface area contributed by atoms with Gasteiger partial charge in [0.1, 0.15) is 17.6 Å². The van der Waals surface area contributed by atoms with Crippen molar-refractivity contribution in [2.24, 2.45) is 0 Å². The smallest absolute Gasteiger partial charge is 0.356 e. The molecule has 114 valence electrons. The van der Waals surface area contributed by atoms with Gasteiger partial charge in [-0.15, -0.1) is 0 Å². The molecule has 0 fully saturated rings. The van der Waals surface area contributed by atoms with Gasteiger partial charge in [-0.25, -0.2) is 9.78 Å². The lowest BCUT2D eigenvalue weighted by atomic mass is 10.2. The van der Waals surface area contributed by atoms with Gasteiger partial charge >= 0.3 is 5.97 Å². The number of nitrogens with one attached hydrogen (secondary N) is 1. The quantitative estimate of drug-likeness (QED) is 0.832. The van der Waals surface area contributed by atoms with Crippen molar-refractivity contribution in [3.8, 4) is 0 Å². The Bertz CT molecular complexity index is 613.